The Morgan fingerprint density at radius 2 is 1.59 bits per heavy atom. The van der Waals surface area contributed by atoms with Gasteiger partial charge < -0.3 is 9.64 Å². The van der Waals surface area contributed by atoms with E-state index in [1.54, 1.807) is 9.21 Å². The average molecular weight is 332 g/mol. The van der Waals surface area contributed by atoms with Crippen LogP contribution in [0.1, 0.15) is 40.0 Å². The van der Waals surface area contributed by atoms with E-state index in [9.17, 15) is 13.2 Å². The van der Waals surface area contributed by atoms with Crippen molar-refractivity contribution in [1.29, 1.82) is 0 Å². The molecule has 1 unspecified atom stereocenters. The van der Waals surface area contributed by atoms with Gasteiger partial charge in [-0.05, 0) is 51.9 Å². The van der Waals surface area contributed by atoms with Gasteiger partial charge in [0.2, 0.25) is 10.0 Å². The van der Waals surface area contributed by atoms with E-state index in [1.807, 2.05) is 20.8 Å². The second-order valence-corrected chi connectivity index (χ2v) is 9.46. The van der Waals surface area contributed by atoms with Crippen molar-refractivity contribution in [1.82, 2.24) is 9.21 Å². The van der Waals surface area contributed by atoms with Gasteiger partial charge in [-0.3, -0.25) is 0 Å². The van der Waals surface area contributed by atoms with Crippen LogP contribution in [0.4, 0.5) is 4.79 Å². The summed E-state index contributed by atoms with van der Waals surface area (Å²) in [5.74, 6) is 0.972. The second kappa shape index (κ2) is 6.35. The summed E-state index contributed by atoms with van der Waals surface area (Å²) in [6.07, 6.45) is 3.80. The molecule has 0 spiro atoms. The quantitative estimate of drug-likeness (QED) is 0.775. The molecule has 2 heterocycles. The van der Waals surface area contributed by atoms with Crippen LogP contribution in [0.2, 0.25) is 0 Å². The van der Waals surface area contributed by atoms with Crippen molar-refractivity contribution >= 4 is 16.1 Å². The lowest BCUT2D eigenvalue weighted by molar-refractivity contribution is 0.0281. The molecule has 2 aliphatic heterocycles. The lowest BCUT2D eigenvalue weighted by Crippen LogP contribution is -2.40. The molecule has 0 radical (unpaired) electrons. The van der Waals surface area contributed by atoms with Crippen LogP contribution < -0.4 is 0 Å². The van der Waals surface area contributed by atoms with Crippen molar-refractivity contribution in [3.8, 4) is 0 Å². The topological polar surface area (TPSA) is 66.9 Å². The number of hydrogen-bond acceptors (Lipinski definition) is 4. The van der Waals surface area contributed by atoms with Gasteiger partial charge >= 0.3 is 6.09 Å². The zero-order valence-electron chi connectivity index (χ0n) is 14.0. The number of amides is 1. The van der Waals surface area contributed by atoms with Gasteiger partial charge in [0.25, 0.3) is 0 Å². The van der Waals surface area contributed by atoms with Crippen LogP contribution in [-0.4, -0.2) is 61.8 Å². The first kappa shape index (κ1) is 17.5. The minimum atomic E-state index is -3.07. The first-order valence-corrected chi connectivity index (χ1v) is 9.84. The number of carbonyl (C=O) groups is 1. The smallest absolute Gasteiger partial charge is 0.410 e. The summed E-state index contributed by atoms with van der Waals surface area (Å²) < 4.78 is 30.1. The van der Waals surface area contributed by atoms with Gasteiger partial charge in [0.1, 0.15) is 5.60 Å². The predicted octanol–water partition coefficient (Wildman–Crippen LogP) is 1.92. The molecule has 22 heavy (non-hydrogen) atoms. The summed E-state index contributed by atoms with van der Waals surface area (Å²) in [6.45, 7) is 8.31. The van der Waals surface area contributed by atoms with Gasteiger partial charge in [-0.2, -0.15) is 0 Å². The molecule has 0 aliphatic carbocycles. The first-order chi connectivity index (χ1) is 10.1. The Morgan fingerprint density at radius 3 is 2.09 bits per heavy atom. The van der Waals surface area contributed by atoms with E-state index >= 15 is 0 Å². The number of sulfonamides is 1. The maximum Gasteiger partial charge on any atom is 0.410 e. The molecule has 0 saturated carbocycles. The van der Waals surface area contributed by atoms with E-state index in [0.717, 1.165) is 32.4 Å². The summed E-state index contributed by atoms with van der Waals surface area (Å²) in [5.41, 5.74) is -0.462. The van der Waals surface area contributed by atoms with Crippen molar-refractivity contribution in [3.63, 3.8) is 0 Å². The normalized spacial score (nSPS) is 25.5. The molecule has 128 valence electrons. The molecule has 6 nitrogen and oxygen atoms in total. The SMILES string of the molecule is CC(C)(C)OC(=O)N1CCC(C2CCN(S(C)(=O)=O)CC2)C1. The molecule has 2 fully saturated rings. The molecule has 2 saturated heterocycles. The van der Waals surface area contributed by atoms with Crippen LogP contribution in [0.5, 0.6) is 0 Å². The number of likely N-dealkylation sites (tertiary alicyclic amines) is 1. The standard InChI is InChI=1S/C15H28N2O4S/c1-15(2,3)21-14(18)16-8-5-13(11-16)12-6-9-17(10-7-12)22(4,19)20/h12-13H,5-11H2,1-4H3. The average Bonchev–Trinajstić information content (AvgIpc) is 2.85. The Labute approximate surface area is 133 Å². The molecule has 1 atom stereocenters. The summed E-state index contributed by atoms with van der Waals surface area (Å²) in [5, 5.41) is 0. The van der Waals surface area contributed by atoms with E-state index in [4.69, 9.17) is 4.74 Å². The molecule has 0 aromatic rings. The first-order valence-electron chi connectivity index (χ1n) is 7.99. The number of rotatable bonds is 2. The monoisotopic (exact) mass is 332 g/mol. The number of ether oxygens (including phenoxy) is 1. The fraction of sp³-hybridized carbons (Fsp3) is 0.933. The van der Waals surface area contributed by atoms with Crippen molar-refractivity contribution < 1.29 is 17.9 Å². The third-order valence-electron chi connectivity index (χ3n) is 4.51. The Bertz CT molecular complexity index is 504. The van der Waals surface area contributed by atoms with Gasteiger partial charge in [-0.25, -0.2) is 17.5 Å². The van der Waals surface area contributed by atoms with Crippen LogP contribution in [0.3, 0.4) is 0 Å². The highest BCUT2D eigenvalue weighted by Crippen LogP contribution is 2.32. The number of nitrogens with zero attached hydrogens (tertiary/aromatic N) is 2. The summed E-state index contributed by atoms with van der Waals surface area (Å²) >= 11 is 0. The molecule has 2 aliphatic rings. The van der Waals surface area contributed by atoms with Gasteiger partial charge in [0.15, 0.2) is 0 Å². The van der Waals surface area contributed by atoms with Crippen LogP contribution in [0.25, 0.3) is 0 Å². The Balaban J connectivity index is 1.83. The maximum atomic E-state index is 12.1. The van der Waals surface area contributed by atoms with E-state index in [1.165, 1.54) is 6.26 Å². The largest absolute Gasteiger partial charge is 0.444 e. The minimum Gasteiger partial charge on any atom is -0.444 e. The number of piperidine rings is 1. The van der Waals surface area contributed by atoms with E-state index in [0.29, 0.717) is 24.9 Å². The highest BCUT2D eigenvalue weighted by atomic mass is 32.2. The second-order valence-electron chi connectivity index (χ2n) is 7.47. The Kier molecular flexibility index (Phi) is 5.06. The van der Waals surface area contributed by atoms with E-state index < -0.39 is 15.6 Å². The summed E-state index contributed by atoms with van der Waals surface area (Å²) in [4.78, 5) is 13.9. The fourth-order valence-corrected chi connectivity index (χ4v) is 4.22. The molecule has 1 amide bonds. The maximum absolute atomic E-state index is 12.1. The molecule has 7 heteroatoms. The van der Waals surface area contributed by atoms with Crippen molar-refractivity contribution in [2.45, 2.75) is 45.6 Å². The highest BCUT2D eigenvalue weighted by molar-refractivity contribution is 7.88. The van der Waals surface area contributed by atoms with Gasteiger partial charge in [-0.1, -0.05) is 0 Å². The lowest BCUT2D eigenvalue weighted by Gasteiger charge is -2.33. The molecule has 0 bridgehead atoms. The van der Waals surface area contributed by atoms with Crippen LogP contribution in [0, 0.1) is 11.8 Å². The van der Waals surface area contributed by atoms with Gasteiger partial charge in [-0.15, -0.1) is 0 Å². The lowest BCUT2D eigenvalue weighted by atomic mass is 9.84. The highest BCUT2D eigenvalue weighted by Gasteiger charge is 2.36. The van der Waals surface area contributed by atoms with Gasteiger partial charge in [0, 0.05) is 26.2 Å². The molecule has 2 rings (SSSR count). The zero-order chi connectivity index (χ0) is 16.5. The molecular weight excluding hydrogens is 304 g/mol. The molecule has 0 N–H and O–H groups in total. The number of hydrogen-bond donors (Lipinski definition) is 0. The van der Waals surface area contributed by atoms with Crippen molar-refractivity contribution in [2.75, 3.05) is 32.4 Å². The van der Waals surface area contributed by atoms with E-state index in [-0.39, 0.29) is 6.09 Å². The number of carbonyl (C=O) groups excluding carboxylic acids is 1. The van der Waals surface area contributed by atoms with Crippen molar-refractivity contribution in [2.24, 2.45) is 11.8 Å². The minimum absolute atomic E-state index is 0.233. The van der Waals surface area contributed by atoms with Crippen molar-refractivity contribution in [3.05, 3.63) is 0 Å². The van der Waals surface area contributed by atoms with E-state index in [2.05, 4.69) is 0 Å². The van der Waals surface area contributed by atoms with Crippen LogP contribution in [0.15, 0.2) is 0 Å². The van der Waals surface area contributed by atoms with Gasteiger partial charge in [0.05, 0.1) is 6.26 Å². The summed E-state index contributed by atoms with van der Waals surface area (Å²) in [7, 11) is -3.07. The fourth-order valence-electron chi connectivity index (χ4n) is 3.34. The summed E-state index contributed by atoms with van der Waals surface area (Å²) in [6, 6.07) is 0. The Hall–Kier alpha value is -0.820. The molecular formula is C15H28N2O4S. The Morgan fingerprint density at radius 1 is 1.05 bits per heavy atom. The third-order valence-corrected chi connectivity index (χ3v) is 5.81. The third kappa shape index (κ3) is 4.59. The predicted molar refractivity (Wildman–Crippen MR) is 85.1 cm³/mol. The van der Waals surface area contributed by atoms with Crippen LogP contribution in [-0.2, 0) is 14.8 Å². The molecule has 0 aromatic carbocycles. The molecule has 0 aromatic heterocycles. The zero-order valence-corrected chi connectivity index (χ0v) is 14.9. The van der Waals surface area contributed by atoms with Crippen LogP contribution >= 0.6 is 0 Å².